The van der Waals surface area contributed by atoms with Crippen molar-refractivity contribution in [3.63, 3.8) is 0 Å². The summed E-state index contributed by atoms with van der Waals surface area (Å²) in [5.41, 5.74) is 1.94. The Hall–Kier alpha value is -2.45. The lowest BCUT2D eigenvalue weighted by molar-refractivity contribution is 0.112. The minimum Gasteiger partial charge on any atom is -0.298 e. The summed E-state index contributed by atoms with van der Waals surface area (Å²) in [6.45, 7) is 0. The first kappa shape index (κ1) is 12.3. The van der Waals surface area contributed by atoms with Crippen LogP contribution in [0.15, 0.2) is 66.7 Å². The van der Waals surface area contributed by atoms with E-state index < -0.39 is 0 Å². The zero-order valence-electron chi connectivity index (χ0n) is 11.2. The normalized spacial score (nSPS) is 11.0. The predicted molar refractivity (Wildman–Crippen MR) is 90.2 cm³/mol. The molecule has 0 atom stereocenters. The molecule has 4 rings (SSSR count). The standard InChI is InChI=1S/C19H12OS/c20-12-14-9-10-17(16-7-3-2-6-15(14)16)19-11-13-5-1-4-8-18(13)21-19/h1-12H. The highest BCUT2D eigenvalue weighted by Gasteiger charge is 2.09. The Morgan fingerprint density at radius 1 is 0.810 bits per heavy atom. The molecule has 4 aromatic rings. The van der Waals surface area contributed by atoms with Crippen molar-refractivity contribution in [2.24, 2.45) is 0 Å². The maximum Gasteiger partial charge on any atom is 0.150 e. The Bertz CT molecular complexity index is 933. The van der Waals surface area contributed by atoms with Crippen molar-refractivity contribution >= 4 is 38.5 Å². The van der Waals surface area contributed by atoms with Crippen LogP contribution in [-0.4, -0.2) is 6.29 Å². The summed E-state index contributed by atoms with van der Waals surface area (Å²) in [4.78, 5) is 12.5. The Balaban J connectivity index is 2.04. The average molecular weight is 288 g/mol. The van der Waals surface area contributed by atoms with Crippen LogP contribution in [-0.2, 0) is 0 Å². The van der Waals surface area contributed by atoms with Gasteiger partial charge >= 0.3 is 0 Å². The first-order valence-electron chi connectivity index (χ1n) is 6.83. The molecule has 0 saturated heterocycles. The third-order valence-electron chi connectivity index (χ3n) is 3.78. The number of hydrogen-bond acceptors (Lipinski definition) is 2. The molecule has 0 unspecified atom stereocenters. The second kappa shape index (κ2) is 4.83. The van der Waals surface area contributed by atoms with E-state index in [2.05, 4.69) is 42.5 Å². The minimum atomic E-state index is 0.746. The number of carbonyl (C=O) groups is 1. The molecular weight excluding hydrogens is 276 g/mol. The van der Waals surface area contributed by atoms with Crippen molar-refractivity contribution in [1.82, 2.24) is 0 Å². The summed E-state index contributed by atoms with van der Waals surface area (Å²) < 4.78 is 1.29. The molecule has 0 radical (unpaired) electrons. The summed E-state index contributed by atoms with van der Waals surface area (Å²) in [7, 11) is 0. The summed E-state index contributed by atoms with van der Waals surface area (Å²) in [5, 5.41) is 3.41. The third kappa shape index (κ3) is 1.96. The molecule has 100 valence electrons. The third-order valence-corrected chi connectivity index (χ3v) is 4.93. The number of rotatable bonds is 2. The molecule has 0 spiro atoms. The van der Waals surface area contributed by atoms with Gasteiger partial charge in [-0.25, -0.2) is 0 Å². The molecule has 21 heavy (non-hydrogen) atoms. The summed E-state index contributed by atoms with van der Waals surface area (Å²) in [6.07, 6.45) is 0.928. The average Bonchev–Trinajstić information content (AvgIpc) is 2.97. The molecule has 3 aromatic carbocycles. The lowest BCUT2D eigenvalue weighted by Gasteiger charge is -2.06. The fourth-order valence-corrected chi connectivity index (χ4v) is 3.86. The van der Waals surface area contributed by atoms with Gasteiger partial charge in [-0.1, -0.05) is 54.6 Å². The number of carbonyl (C=O) groups excluding carboxylic acids is 1. The molecule has 0 aliphatic rings. The Morgan fingerprint density at radius 3 is 2.38 bits per heavy atom. The van der Waals surface area contributed by atoms with E-state index >= 15 is 0 Å². The molecule has 0 fully saturated rings. The van der Waals surface area contributed by atoms with Gasteiger partial charge in [0.25, 0.3) is 0 Å². The first-order chi connectivity index (χ1) is 10.4. The van der Waals surface area contributed by atoms with Crippen molar-refractivity contribution in [3.8, 4) is 10.4 Å². The number of aldehydes is 1. The van der Waals surface area contributed by atoms with Crippen LogP contribution in [0.1, 0.15) is 10.4 Å². The van der Waals surface area contributed by atoms with Gasteiger partial charge in [0.1, 0.15) is 0 Å². The first-order valence-corrected chi connectivity index (χ1v) is 7.64. The molecule has 0 N–H and O–H groups in total. The number of thiophene rings is 1. The van der Waals surface area contributed by atoms with Crippen LogP contribution in [0.4, 0.5) is 0 Å². The van der Waals surface area contributed by atoms with Gasteiger partial charge in [-0.3, -0.25) is 4.79 Å². The minimum absolute atomic E-state index is 0.746. The molecule has 1 aromatic heterocycles. The Kier molecular flexibility index (Phi) is 2.83. The predicted octanol–water partition coefficient (Wildman–Crippen LogP) is 5.53. The molecule has 0 bridgehead atoms. The van der Waals surface area contributed by atoms with E-state index in [1.807, 2.05) is 24.3 Å². The van der Waals surface area contributed by atoms with Gasteiger partial charge in [0.15, 0.2) is 6.29 Å². The van der Waals surface area contributed by atoms with Crippen molar-refractivity contribution in [2.45, 2.75) is 0 Å². The second-order valence-corrected chi connectivity index (χ2v) is 6.10. The molecule has 2 heteroatoms. The highest BCUT2D eigenvalue weighted by molar-refractivity contribution is 7.22. The van der Waals surface area contributed by atoms with Gasteiger partial charge < -0.3 is 0 Å². The van der Waals surface area contributed by atoms with Crippen LogP contribution in [0, 0.1) is 0 Å². The van der Waals surface area contributed by atoms with E-state index in [1.54, 1.807) is 11.3 Å². The topological polar surface area (TPSA) is 17.1 Å². The second-order valence-electron chi connectivity index (χ2n) is 5.01. The molecule has 0 saturated carbocycles. The zero-order valence-corrected chi connectivity index (χ0v) is 12.1. The molecule has 0 aliphatic heterocycles. The Morgan fingerprint density at radius 2 is 1.57 bits per heavy atom. The lowest BCUT2D eigenvalue weighted by Crippen LogP contribution is -1.85. The van der Waals surface area contributed by atoms with Gasteiger partial charge in [-0.2, -0.15) is 0 Å². The van der Waals surface area contributed by atoms with E-state index in [0.29, 0.717) is 0 Å². The van der Waals surface area contributed by atoms with Crippen LogP contribution in [0.3, 0.4) is 0 Å². The van der Waals surface area contributed by atoms with Crippen LogP contribution < -0.4 is 0 Å². The van der Waals surface area contributed by atoms with Gasteiger partial charge in [0, 0.05) is 15.1 Å². The highest BCUT2D eigenvalue weighted by Crippen LogP contribution is 2.37. The fraction of sp³-hybridized carbons (Fsp3) is 0. The number of hydrogen-bond donors (Lipinski definition) is 0. The maximum atomic E-state index is 11.2. The summed E-state index contributed by atoms with van der Waals surface area (Å²) in [6, 6.07) is 22.7. The van der Waals surface area contributed by atoms with Crippen LogP contribution in [0.25, 0.3) is 31.3 Å². The van der Waals surface area contributed by atoms with E-state index in [4.69, 9.17) is 0 Å². The monoisotopic (exact) mass is 288 g/mol. The van der Waals surface area contributed by atoms with Gasteiger partial charge in [0.2, 0.25) is 0 Å². The molecule has 1 heterocycles. The summed E-state index contributed by atoms with van der Waals surface area (Å²) >= 11 is 1.79. The molecular formula is C19H12OS. The SMILES string of the molecule is O=Cc1ccc(-c2cc3ccccc3s2)c2ccccc12. The van der Waals surface area contributed by atoms with Gasteiger partial charge in [0.05, 0.1) is 0 Å². The van der Waals surface area contributed by atoms with Crippen LogP contribution in [0.2, 0.25) is 0 Å². The van der Waals surface area contributed by atoms with Crippen molar-refractivity contribution in [3.05, 3.63) is 72.3 Å². The Labute approximate surface area is 126 Å². The quantitative estimate of drug-likeness (QED) is 0.443. The van der Waals surface area contributed by atoms with E-state index in [9.17, 15) is 4.79 Å². The van der Waals surface area contributed by atoms with Crippen molar-refractivity contribution < 1.29 is 4.79 Å². The number of benzene rings is 3. The molecule has 1 nitrogen and oxygen atoms in total. The van der Waals surface area contributed by atoms with Crippen LogP contribution >= 0.6 is 11.3 Å². The lowest BCUT2D eigenvalue weighted by atomic mass is 9.99. The number of fused-ring (bicyclic) bond motifs is 2. The van der Waals surface area contributed by atoms with Crippen molar-refractivity contribution in [1.29, 1.82) is 0 Å². The summed E-state index contributed by atoms with van der Waals surface area (Å²) in [5.74, 6) is 0. The zero-order chi connectivity index (χ0) is 14.2. The van der Waals surface area contributed by atoms with E-state index in [1.165, 1.54) is 20.5 Å². The molecule has 0 amide bonds. The fourth-order valence-electron chi connectivity index (χ4n) is 2.75. The van der Waals surface area contributed by atoms with Gasteiger partial charge in [-0.05, 0) is 33.9 Å². The van der Waals surface area contributed by atoms with Crippen molar-refractivity contribution in [2.75, 3.05) is 0 Å². The van der Waals surface area contributed by atoms with Gasteiger partial charge in [-0.15, -0.1) is 11.3 Å². The highest BCUT2D eigenvalue weighted by atomic mass is 32.1. The largest absolute Gasteiger partial charge is 0.298 e. The van der Waals surface area contributed by atoms with E-state index in [-0.39, 0.29) is 0 Å². The van der Waals surface area contributed by atoms with E-state index in [0.717, 1.165) is 22.6 Å². The smallest absolute Gasteiger partial charge is 0.150 e. The molecule has 0 aliphatic carbocycles. The van der Waals surface area contributed by atoms with Crippen LogP contribution in [0.5, 0.6) is 0 Å². The maximum absolute atomic E-state index is 11.2.